The van der Waals surface area contributed by atoms with Gasteiger partial charge in [0.1, 0.15) is 0 Å². The summed E-state index contributed by atoms with van der Waals surface area (Å²) in [6, 6.07) is 0. The van der Waals surface area contributed by atoms with Gasteiger partial charge >= 0.3 is 0 Å². The summed E-state index contributed by atoms with van der Waals surface area (Å²) in [7, 11) is 0. The fourth-order valence-electron chi connectivity index (χ4n) is 1.42. The quantitative estimate of drug-likeness (QED) is 0.621. The van der Waals surface area contributed by atoms with Crippen molar-refractivity contribution in [3.8, 4) is 0 Å². The molecule has 0 saturated heterocycles. The van der Waals surface area contributed by atoms with Crippen molar-refractivity contribution in [2.75, 3.05) is 0 Å². The number of thiocarbonyl (C=S) groups is 1. The Balaban J connectivity index is 2.94. The maximum absolute atomic E-state index is 11.4. The second-order valence-corrected chi connectivity index (χ2v) is 3.66. The maximum atomic E-state index is 11.4. The monoisotopic (exact) mass is 184 g/mol. The number of hydrogen-bond donors (Lipinski definition) is 1. The number of nitrogens with one attached hydrogen (secondary N) is 1. The Labute approximate surface area is 77.3 Å². The summed E-state index contributed by atoms with van der Waals surface area (Å²) in [5.74, 6) is 0.135. The van der Waals surface area contributed by atoms with Crippen molar-refractivity contribution in [2.24, 2.45) is 16.8 Å². The Bertz CT molecular complexity index is 258. The summed E-state index contributed by atoms with van der Waals surface area (Å²) >= 11 is 4.78. The molecule has 1 heterocycles. The Morgan fingerprint density at radius 3 is 2.58 bits per heavy atom. The maximum Gasteiger partial charge on any atom is 0.235 e. The van der Waals surface area contributed by atoms with Crippen LogP contribution in [0.2, 0.25) is 0 Å². The normalized spacial score (nSPS) is 24.0. The van der Waals surface area contributed by atoms with E-state index >= 15 is 0 Å². The topological polar surface area (TPSA) is 41.5 Å². The van der Waals surface area contributed by atoms with Gasteiger partial charge in [0.2, 0.25) is 5.91 Å². The zero-order valence-electron chi connectivity index (χ0n) is 7.42. The zero-order chi connectivity index (χ0) is 9.30. The molecule has 0 aromatic heterocycles. The van der Waals surface area contributed by atoms with Gasteiger partial charge in [0.25, 0.3) is 0 Å². The minimum atomic E-state index is -0.114. The summed E-state index contributed by atoms with van der Waals surface area (Å²) < 4.78 is 0. The van der Waals surface area contributed by atoms with E-state index in [9.17, 15) is 4.79 Å². The molecule has 3 nitrogen and oxygen atoms in total. The van der Waals surface area contributed by atoms with E-state index in [0.717, 1.165) is 5.71 Å². The minimum Gasteiger partial charge on any atom is -0.301 e. The molecule has 4 heteroatoms. The van der Waals surface area contributed by atoms with Gasteiger partial charge in [-0.3, -0.25) is 4.79 Å². The third-order valence-corrected chi connectivity index (χ3v) is 2.10. The molecule has 1 atom stereocenters. The van der Waals surface area contributed by atoms with Crippen molar-refractivity contribution in [2.45, 2.75) is 20.8 Å². The van der Waals surface area contributed by atoms with Crippen LogP contribution < -0.4 is 5.32 Å². The molecular weight excluding hydrogens is 172 g/mol. The predicted molar refractivity (Wildman–Crippen MR) is 52.2 cm³/mol. The highest BCUT2D eigenvalue weighted by Crippen LogP contribution is 2.16. The van der Waals surface area contributed by atoms with Crippen LogP contribution in [0.4, 0.5) is 0 Å². The first-order valence-corrected chi connectivity index (χ1v) is 4.33. The number of carbonyl (C=O) groups is 1. The van der Waals surface area contributed by atoms with Crippen molar-refractivity contribution in [1.29, 1.82) is 0 Å². The Kier molecular flexibility index (Phi) is 2.57. The molecular formula is C8H12N2OS. The van der Waals surface area contributed by atoms with E-state index in [-0.39, 0.29) is 22.9 Å². The summed E-state index contributed by atoms with van der Waals surface area (Å²) in [5.41, 5.74) is 0.818. The summed E-state index contributed by atoms with van der Waals surface area (Å²) in [6.07, 6.45) is 0. The molecule has 0 fully saturated rings. The average molecular weight is 184 g/mol. The first-order valence-electron chi connectivity index (χ1n) is 3.92. The van der Waals surface area contributed by atoms with Crippen molar-refractivity contribution in [3.63, 3.8) is 0 Å². The molecule has 66 valence electrons. The van der Waals surface area contributed by atoms with E-state index < -0.39 is 0 Å². The van der Waals surface area contributed by atoms with Crippen LogP contribution >= 0.6 is 12.2 Å². The predicted octanol–water partition coefficient (Wildman–Crippen LogP) is 1.13. The molecule has 0 aromatic carbocycles. The van der Waals surface area contributed by atoms with Crippen LogP contribution in [0.15, 0.2) is 4.99 Å². The second kappa shape index (κ2) is 3.31. The molecule has 1 amide bonds. The van der Waals surface area contributed by atoms with Gasteiger partial charge in [-0.15, -0.1) is 0 Å². The molecule has 0 bridgehead atoms. The molecule has 0 saturated carbocycles. The van der Waals surface area contributed by atoms with E-state index in [1.807, 2.05) is 20.8 Å². The van der Waals surface area contributed by atoms with Crippen molar-refractivity contribution in [1.82, 2.24) is 5.32 Å². The van der Waals surface area contributed by atoms with Gasteiger partial charge in [0, 0.05) is 5.71 Å². The molecule has 0 radical (unpaired) electrons. The lowest BCUT2D eigenvalue weighted by Crippen LogP contribution is -2.44. The molecule has 0 spiro atoms. The molecule has 0 aromatic rings. The Hall–Kier alpha value is -0.770. The molecule has 1 aliphatic rings. The lowest BCUT2D eigenvalue weighted by molar-refractivity contribution is -0.122. The standard InChI is InChI=1S/C8H12N2OS/c1-4(2)6-5(3)9-8(12)10-7(6)11/h4,6H,1-3H3,(H,10,11,12)/t6-/m1/s1. The molecule has 12 heavy (non-hydrogen) atoms. The molecule has 0 unspecified atom stereocenters. The number of nitrogens with zero attached hydrogens (tertiary/aromatic N) is 1. The number of carbonyl (C=O) groups excluding carboxylic acids is 1. The van der Waals surface area contributed by atoms with E-state index in [4.69, 9.17) is 12.2 Å². The third-order valence-electron chi connectivity index (χ3n) is 1.91. The fourth-order valence-corrected chi connectivity index (χ4v) is 1.66. The van der Waals surface area contributed by atoms with E-state index in [1.165, 1.54) is 0 Å². The highest BCUT2D eigenvalue weighted by molar-refractivity contribution is 7.80. The van der Waals surface area contributed by atoms with Crippen LogP contribution in [0, 0.1) is 11.8 Å². The van der Waals surface area contributed by atoms with Crippen LogP contribution in [0.25, 0.3) is 0 Å². The smallest absolute Gasteiger partial charge is 0.235 e. The second-order valence-electron chi connectivity index (χ2n) is 3.27. The summed E-state index contributed by atoms with van der Waals surface area (Å²) in [5, 5.41) is 2.83. The van der Waals surface area contributed by atoms with E-state index in [1.54, 1.807) is 0 Å². The van der Waals surface area contributed by atoms with Crippen LogP contribution in [0.5, 0.6) is 0 Å². The molecule has 0 aliphatic carbocycles. The zero-order valence-corrected chi connectivity index (χ0v) is 8.23. The Morgan fingerprint density at radius 2 is 2.17 bits per heavy atom. The van der Waals surface area contributed by atoms with Crippen molar-refractivity contribution >= 4 is 28.9 Å². The molecule has 1 rings (SSSR count). The van der Waals surface area contributed by atoms with Crippen molar-refractivity contribution in [3.05, 3.63) is 0 Å². The van der Waals surface area contributed by atoms with E-state index in [0.29, 0.717) is 0 Å². The van der Waals surface area contributed by atoms with Gasteiger partial charge in [-0.25, -0.2) is 4.99 Å². The van der Waals surface area contributed by atoms with E-state index in [2.05, 4.69) is 10.3 Å². The molecule has 1 N–H and O–H groups in total. The third kappa shape index (κ3) is 1.69. The summed E-state index contributed by atoms with van der Waals surface area (Å²) in [4.78, 5) is 15.4. The molecule has 1 aliphatic heterocycles. The highest BCUT2D eigenvalue weighted by Gasteiger charge is 2.29. The van der Waals surface area contributed by atoms with Gasteiger partial charge in [-0.05, 0) is 25.1 Å². The number of hydrogen-bond acceptors (Lipinski definition) is 2. The van der Waals surface area contributed by atoms with Gasteiger partial charge in [0.05, 0.1) is 5.92 Å². The lowest BCUT2D eigenvalue weighted by Gasteiger charge is -2.23. The van der Waals surface area contributed by atoms with Gasteiger partial charge in [-0.2, -0.15) is 0 Å². The largest absolute Gasteiger partial charge is 0.301 e. The SMILES string of the molecule is CC1=NC(=S)NC(=O)[C@@H]1C(C)C. The van der Waals surface area contributed by atoms with Gasteiger partial charge in [0.15, 0.2) is 5.11 Å². The first-order chi connectivity index (χ1) is 5.52. The number of rotatable bonds is 1. The van der Waals surface area contributed by atoms with Crippen molar-refractivity contribution < 1.29 is 4.79 Å². The van der Waals surface area contributed by atoms with Crippen LogP contribution in [0.1, 0.15) is 20.8 Å². The Morgan fingerprint density at radius 1 is 1.58 bits per heavy atom. The highest BCUT2D eigenvalue weighted by atomic mass is 32.1. The van der Waals surface area contributed by atoms with Gasteiger partial charge in [-0.1, -0.05) is 13.8 Å². The lowest BCUT2D eigenvalue weighted by atomic mass is 9.90. The van der Waals surface area contributed by atoms with Crippen LogP contribution in [0.3, 0.4) is 0 Å². The first kappa shape index (κ1) is 9.32. The van der Waals surface area contributed by atoms with Crippen LogP contribution in [-0.2, 0) is 4.79 Å². The van der Waals surface area contributed by atoms with Crippen LogP contribution in [-0.4, -0.2) is 16.7 Å². The van der Waals surface area contributed by atoms with Gasteiger partial charge < -0.3 is 5.32 Å². The average Bonchev–Trinajstić information content (AvgIpc) is 1.82. The number of aliphatic imine (C=N–C) groups is 1. The summed E-state index contributed by atoms with van der Waals surface area (Å²) in [6.45, 7) is 5.84. The minimum absolute atomic E-state index is 0.0255. The number of amides is 1. The fraction of sp³-hybridized carbons (Fsp3) is 0.625.